The summed E-state index contributed by atoms with van der Waals surface area (Å²) in [6, 6.07) is 5.53. The monoisotopic (exact) mass is 321 g/mol. The van der Waals surface area contributed by atoms with Crippen LogP contribution in [0.4, 0.5) is 21.7 Å². The highest BCUT2D eigenvalue weighted by molar-refractivity contribution is 6.29. The van der Waals surface area contributed by atoms with Crippen molar-refractivity contribution >= 4 is 28.9 Å². The van der Waals surface area contributed by atoms with Gasteiger partial charge in [0.1, 0.15) is 16.6 Å². The lowest BCUT2D eigenvalue weighted by Gasteiger charge is -2.46. The van der Waals surface area contributed by atoms with Crippen LogP contribution in [0, 0.1) is 12.8 Å². The van der Waals surface area contributed by atoms with E-state index in [9.17, 15) is 4.39 Å². The van der Waals surface area contributed by atoms with Crippen molar-refractivity contribution < 1.29 is 4.39 Å². The number of pyridine rings is 1. The van der Waals surface area contributed by atoms with Gasteiger partial charge < -0.3 is 10.2 Å². The van der Waals surface area contributed by atoms with Crippen LogP contribution in [0.25, 0.3) is 0 Å². The molecule has 1 aliphatic carbocycles. The molecule has 2 aliphatic rings. The highest BCUT2D eigenvalue weighted by Crippen LogP contribution is 2.48. The van der Waals surface area contributed by atoms with Crippen LogP contribution in [-0.4, -0.2) is 33.9 Å². The van der Waals surface area contributed by atoms with E-state index in [0.717, 1.165) is 24.2 Å². The number of aromatic amines is 1. The molecule has 0 aromatic carbocycles. The Balaban J connectivity index is 1.51. The number of hydrogen-bond donors (Lipinski definition) is 2. The van der Waals surface area contributed by atoms with Crippen molar-refractivity contribution in [2.75, 3.05) is 23.3 Å². The molecule has 2 fully saturated rings. The molecule has 0 amide bonds. The molecule has 2 aromatic heterocycles. The standard InChI is InChI=1S/C15H17ClFN5/c1-9-4-14(21-20-9)19-13-6-11(5-12(16)18-13)22-7-15(17,8-22)10-2-3-10/h4-6,10H,2-3,7-8H2,1H3,(H2,18,19,20,21). The van der Waals surface area contributed by atoms with Crippen LogP contribution < -0.4 is 10.2 Å². The molecular formula is C15H17ClFN5. The van der Waals surface area contributed by atoms with Crippen LogP contribution in [-0.2, 0) is 0 Å². The summed E-state index contributed by atoms with van der Waals surface area (Å²) in [5, 5.41) is 10.5. The van der Waals surface area contributed by atoms with Crippen molar-refractivity contribution in [1.29, 1.82) is 0 Å². The number of alkyl halides is 1. The SMILES string of the molecule is Cc1cc(Nc2cc(N3CC(F)(C4CC4)C3)cc(Cl)n2)n[nH]1. The summed E-state index contributed by atoms with van der Waals surface area (Å²) in [6.45, 7) is 2.81. The second-order valence-electron chi connectivity index (χ2n) is 6.26. The summed E-state index contributed by atoms with van der Waals surface area (Å²) in [4.78, 5) is 6.25. The van der Waals surface area contributed by atoms with E-state index in [0.29, 0.717) is 29.9 Å². The van der Waals surface area contributed by atoms with E-state index in [4.69, 9.17) is 11.6 Å². The van der Waals surface area contributed by atoms with E-state index >= 15 is 0 Å². The van der Waals surface area contributed by atoms with Gasteiger partial charge in [-0.1, -0.05) is 11.6 Å². The molecule has 116 valence electrons. The van der Waals surface area contributed by atoms with Gasteiger partial charge in [0.25, 0.3) is 0 Å². The highest BCUT2D eigenvalue weighted by atomic mass is 35.5. The van der Waals surface area contributed by atoms with E-state index in [1.807, 2.05) is 24.0 Å². The van der Waals surface area contributed by atoms with Gasteiger partial charge in [-0.05, 0) is 31.7 Å². The summed E-state index contributed by atoms with van der Waals surface area (Å²) >= 11 is 6.09. The molecule has 0 bridgehead atoms. The molecule has 1 saturated carbocycles. The quantitative estimate of drug-likeness (QED) is 0.847. The normalized spacial score (nSPS) is 19.9. The molecule has 1 aliphatic heterocycles. The van der Waals surface area contributed by atoms with Crippen molar-refractivity contribution in [3.8, 4) is 0 Å². The van der Waals surface area contributed by atoms with Crippen molar-refractivity contribution in [1.82, 2.24) is 15.2 Å². The zero-order valence-electron chi connectivity index (χ0n) is 12.2. The molecule has 5 nitrogen and oxygen atoms in total. The van der Waals surface area contributed by atoms with E-state index in [1.165, 1.54) is 0 Å². The zero-order chi connectivity index (χ0) is 15.3. The fourth-order valence-corrected chi connectivity index (χ4v) is 3.18. The molecule has 0 spiro atoms. The average molecular weight is 322 g/mol. The molecule has 7 heteroatoms. The summed E-state index contributed by atoms with van der Waals surface area (Å²) in [6.07, 6.45) is 2.04. The maximum atomic E-state index is 14.5. The van der Waals surface area contributed by atoms with E-state index in [-0.39, 0.29) is 5.92 Å². The van der Waals surface area contributed by atoms with Gasteiger partial charge in [-0.2, -0.15) is 5.10 Å². The first kappa shape index (κ1) is 13.8. The number of anilines is 3. The van der Waals surface area contributed by atoms with Crippen LogP contribution in [0.2, 0.25) is 5.15 Å². The van der Waals surface area contributed by atoms with Gasteiger partial charge in [-0.3, -0.25) is 5.10 Å². The van der Waals surface area contributed by atoms with Crippen molar-refractivity contribution in [3.05, 3.63) is 29.0 Å². The van der Waals surface area contributed by atoms with E-state index in [2.05, 4.69) is 20.5 Å². The van der Waals surface area contributed by atoms with Crippen LogP contribution >= 0.6 is 11.6 Å². The van der Waals surface area contributed by atoms with E-state index in [1.54, 1.807) is 6.07 Å². The second-order valence-corrected chi connectivity index (χ2v) is 6.65. The van der Waals surface area contributed by atoms with Crippen LogP contribution in [0.5, 0.6) is 0 Å². The lowest BCUT2D eigenvalue weighted by Crippen LogP contribution is -2.60. The Morgan fingerprint density at radius 3 is 2.73 bits per heavy atom. The second kappa shape index (κ2) is 4.84. The molecule has 2 aromatic rings. The van der Waals surface area contributed by atoms with Gasteiger partial charge in [0.05, 0.1) is 13.1 Å². The summed E-state index contributed by atoms with van der Waals surface area (Å²) in [7, 11) is 0. The molecule has 4 rings (SSSR count). The van der Waals surface area contributed by atoms with Gasteiger partial charge in [-0.15, -0.1) is 0 Å². The Morgan fingerprint density at radius 2 is 2.09 bits per heavy atom. The minimum atomic E-state index is -1.01. The Morgan fingerprint density at radius 1 is 1.32 bits per heavy atom. The smallest absolute Gasteiger partial charge is 0.153 e. The Hall–Kier alpha value is -1.82. The van der Waals surface area contributed by atoms with Gasteiger partial charge in [0.2, 0.25) is 0 Å². The molecule has 3 heterocycles. The van der Waals surface area contributed by atoms with Crippen LogP contribution in [0.15, 0.2) is 18.2 Å². The van der Waals surface area contributed by atoms with Crippen molar-refractivity contribution in [2.45, 2.75) is 25.4 Å². The zero-order valence-corrected chi connectivity index (χ0v) is 13.0. The molecular weight excluding hydrogens is 305 g/mol. The number of halogens is 2. The van der Waals surface area contributed by atoms with Crippen LogP contribution in [0.3, 0.4) is 0 Å². The fourth-order valence-electron chi connectivity index (χ4n) is 2.97. The molecule has 0 atom stereocenters. The third kappa shape index (κ3) is 2.52. The van der Waals surface area contributed by atoms with Crippen molar-refractivity contribution in [2.24, 2.45) is 5.92 Å². The van der Waals surface area contributed by atoms with Gasteiger partial charge >= 0.3 is 0 Å². The number of aryl methyl sites for hydroxylation is 1. The predicted molar refractivity (Wildman–Crippen MR) is 84.6 cm³/mol. The minimum Gasteiger partial charge on any atom is -0.365 e. The van der Waals surface area contributed by atoms with E-state index < -0.39 is 5.67 Å². The Kier molecular flexibility index (Phi) is 3.04. The molecule has 0 radical (unpaired) electrons. The topological polar surface area (TPSA) is 56.8 Å². The van der Waals surface area contributed by atoms with Gasteiger partial charge in [0.15, 0.2) is 5.82 Å². The Bertz CT molecular complexity index is 706. The van der Waals surface area contributed by atoms with Gasteiger partial charge in [0, 0.05) is 23.5 Å². The lowest BCUT2D eigenvalue weighted by molar-refractivity contribution is 0.0932. The molecule has 2 N–H and O–H groups in total. The number of H-pyrrole nitrogens is 1. The molecule has 0 unspecified atom stereocenters. The van der Waals surface area contributed by atoms with Gasteiger partial charge in [-0.25, -0.2) is 9.37 Å². The summed E-state index contributed by atoms with van der Waals surface area (Å²) < 4.78 is 14.5. The largest absolute Gasteiger partial charge is 0.365 e. The third-order valence-corrected chi connectivity index (χ3v) is 4.52. The third-order valence-electron chi connectivity index (χ3n) is 4.32. The first-order chi connectivity index (χ1) is 10.5. The maximum absolute atomic E-state index is 14.5. The lowest BCUT2D eigenvalue weighted by atomic mass is 9.90. The predicted octanol–water partition coefficient (Wildman–Crippen LogP) is 3.45. The maximum Gasteiger partial charge on any atom is 0.153 e. The van der Waals surface area contributed by atoms with Crippen LogP contribution in [0.1, 0.15) is 18.5 Å². The Labute approximate surface area is 132 Å². The average Bonchev–Trinajstić information content (AvgIpc) is 3.19. The first-order valence-corrected chi connectivity index (χ1v) is 7.80. The number of aromatic nitrogens is 3. The first-order valence-electron chi connectivity index (χ1n) is 7.42. The number of nitrogens with zero attached hydrogens (tertiary/aromatic N) is 3. The highest BCUT2D eigenvalue weighted by Gasteiger charge is 2.54. The van der Waals surface area contributed by atoms with Crippen molar-refractivity contribution in [3.63, 3.8) is 0 Å². The molecule has 1 saturated heterocycles. The summed E-state index contributed by atoms with van der Waals surface area (Å²) in [5.41, 5.74) is 0.839. The minimum absolute atomic E-state index is 0.255. The fraction of sp³-hybridized carbons (Fsp3) is 0.467. The number of rotatable bonds is 4. The number of hydrogen-bond acceptors (Lipinski definition) is 4. The summed E-state index contributed by atoms with van der Waals surface area (Å²) in [5.74, 6) is 1.54. The molecule has 22 heavy (non-hydrogen) atoms. The number of nitrogens with one attached hydrogen (secondary N) is 2.